The van der Waals surface area contributed by atoms with Gasteiger partial charge in [0.15, 0.2) is 5.13 Å². The molecule has 1 aromatic carbocycles. The number of benzene rings is 1. The average molecular weight is 290 g/mol. The van der Waals surface area contributed by atoms with E-state index < -0.39 is 0 Å². The number of pyridine rings is 1. The van der Waals surface area contributed by atoms with Crippen molar-refractivity contribution in [2.45, 2.75) is 0 Å². The van der Waals surface area contributed by atoms with Gasteiger partial charge in [0.25, 0.3) is 5.91 Å². The second kappa shape index (κ2) is 4.95. The Morgan fingerprint density at radius 2 is 1.89 bits per heavy atom. The van der Waals surface area contributed by atoms with E-state index >= 15 is 0 Å². The number of carbonyl (C=O) groups excluding carboxylic acids is 1. The van der Waals surface area contributed by atoms with Crippen molar-refractivity contribution in [2.24, 2.45) is 0 Å². The first kappa shape index (κ1) is 12.1. The van der Waals surface area contributed by atoms with Crippen LogP contribution < -0.4 is 5.32 Å². The maximum Gasteiger partial charge on any atom is 0.257 e. The van der Waals surface area contributed by atoms with E-state index in [0.717, 1.165) is 5.52 Å². The molecule has 0 saturated heterocycles. The molecule has 0 atom stereocenters. The third kappa shape index (κ3) is 2.57. The van der Waals surface area contributed by atoms with Crippen LogP contribution in [0, 0.1) is 0 Å². The van der Waals surface area contributed by atoms with Crippen molar-refractivity contribution in [3.05, 3.63) is 53.2 Å². The van der Waals surface area contributed by atoms with E-state index in [1.165, 1.54) is 11.3 Å². The van der Waals surface area contributed by atoms with Gasteiger partial charge < -0.3 is 0 Å². The SMILES string of the molecule is O=C(Nc1nc2ccc(Cl)nc2s1)c1ccccc1. The minimum Gasteiger partial charge on any atom is -0.298 e. The second-order valence-electron chi connectivity index (χ2n) is 3.80. The Balaban J connectivity index is 1.87. The Labute approximate surface area is 118 Å². The maximum atomic E-state index is 12.0. The number of amides is 1. The van der Waals surface area contributed by atoms with Crippen LogP contribution in [0.25, 0.3) is 10.3 Å². The van der Waals surface area contributed by atoms with Crippen LogP contribution in [0.15, 0.2) is 42.5 Å². The Morgan fingerprint density at radius 1 is 1.11 bits per heavy atom. The topological polar surface area (TPSA) is 54.9 Å². The van der Waals surface area contributed by atoms with Gasteiger partial charge in [0.2, 0.25) is 0 Å². The summed E-state index contributed by atoms with van der Waals surface area (Å²) in [6.45, 7) is 0. The number of carbonyl (C=O) groups is 1. The summed E-state index contributed by atoms with van der Waals surface area (Å²) in [5, 5.41) is 3.68. The lowest BCUT2D eigenvalue weighted by Crippen LogP contribution is -2.11. The molecule has 2 aromatic heterocycles. The monoisotopic (exact) mass is 289 g/mol. The number of hydrogen-bond donors (Lipinski definition) is 1. The molecule has 1 N–H and O–H groups in total. The van der Waals surface area contributed by atoms with Crippen molar-refractivity contribution in [2.75, 3.05) is 5.32 Å². The molecule has 0 unspecified atom stereocenters. The van der Waals surface area contributed by atoms with Gasteiger partial charge in [-0.15, -0.1) is 0 Å². The molecule has 0 aliphatic rings. The number of nitrogens with zero attached hydrogens (tertiary/aromatic N) is 2. The second-order valence-corrected chi connectivity index (χ2v) is 5.16. The molecule has 3 rings (SSSR count). The Hall–Kier alpha value is -1.98. The fraction of sp³-hybridized carbons (Fsp3) is 0. The summed E-state index contributed by atoms with van der Waals surface area (Å²) in [5.41, 5.74) is 1.31. The number of hydrogen-bond acceptors (Lipinski definition) is 4. The fourth-order valence-electron chi connectivity index (χ4n) is 1.61. The van der Waals surface area contributed by atoms with Crippen LogP contribution in [0.3, 0.4) is 0 Å². The van der Waals surface area contributed by atoms with Crippen LogP contribution in [-0.4, -0.2) is 15.9 Å². The lowest BCUT2D eigenvalue weighted by molar-refractivity contribution is 0.102. The molecule has 0 bridgehead atoms. The van der Waals surface area contributed by atoms with Crippen molar-refractivity contribution in [1.82, 2.24) is 9.97 Å². The standard InChI is InChI=1S/C13H8ClN3OS/c14-10-7-6-9-12(16-10)19-13(15-9)17-11(18)8-4-2-1-3-5-8/h1-7H,(H,15,17,18). The van der Waals surface area contributed by atoms with Crippen LogP contribution in [0.4, 0.5) is 5.13 Å². The predicted octanol–water partition coefficient (Wildman–Crippen LogP) is 3.60. The molecule has 19 heavy (non-hydrogen) atoms. The number of anilines is 1. The van der Waals surface area contributed by atoms with Crippen molar-refractivity contribution < 1.29 is 4.79 Å². The largest absolute Gasteiger partial charge is 0.298 e. The highest BCUT2D eigenvalue weighted by Gasteiger charge is 2.10. The van der Waals surface area contributed by atoms with E-state index in [1.54, 1.807) is 24.3 Å². The maximum absolute atomic E-state index is 12.0. The van der Waals surface area contributed by atoms with Gasteiger partial charge in [0.1, 0.15) is 15.5 Å². The van der Waals surface area contributed by atoms with Gasteiger partial charge in [0.05, 0.1) is 0 Å². The summed E-state index contributed by atoms with van der Waals surface area (Å²) >= 11 is 7.11. The molecule has 1 amide bonds. The van der Waals surface area contributed by atoms with E-state index in [1.807, 2.05) is 18.2 Å². The predicted molar refractivity (Wildman–Crippen MR) is 76.8 cm³/mol. The molecule has 0 spiro atoms. The van der Waals surface area contributed by atoms with Gasteiger partial charge in [-0.1, -0.05) is 41.1 Å². The van der Waals surface area contributed by atoms with Crippen LogP contribution in [-0.2, 0) is 0 Å². The lowest BCUT2D eigenvalue weighted by atomic mass is 10.2. The zero-order valence-electron chi connectivity index (χ0n) is 9.63. The molecule has 2 heterocycles. The summed E-state index contributed by atoms with van der Waals surface area (Å²) < 4.78 is 0. The molecular formula is C13H8ClN3OS. The highest BCUT2D eigenvalue weighted by molar-refractivity contribution is 7.22. The fourth-order valence-corrected chi connectivity index (χ4v) is 2.64. The Kier molecular flexibility index (Phi) is 3.15. The molecule has 0 saturated carbocycles. The van der Waals surface area contributed by atoms with Crippen LogP contribution in [0.5, 0.6) is 0 Å². The van der Waals surface area contributed by atoms with Gasteiger partial charge in [-0.2, -0.15) is 0 Å². The van der Waals surface area contributed by atoms with Crippen molar-refractivity contribution in [3.8, 4) is 0 Å². The van der Waals surface area contributed by atoms with E-state index in [0.29, 0.717) is 20.7 Å². The van der Waals surface area contributed by atoms with Crippen molar-refractivity contribution >= 4 is 44.3 Å². The molecule has 6 heteroatoms. The van der Waals surface area contributed by atoms with Crippen molar-refractivity contribution in [3.63, 3.8) is 0 Å². The summed E-state index contributed by atoms with van der Waals surface area (Å²) in [6, 6.07) is 12.4. The van der Waals surface area contributed by atoms with E-state index in [9.17, 15) is 4.79 Å². The molecule has 94 valence electrons. The molecule has 0 radical (unpaired) electrons. The van der Waals surface area contributed by atoms with Gasteiger partial charge in [0, 0.05) is 5.56 Å². The van der Waals surface area contributed by atoms with Crippen molar-refractivity contribution in [1.29, 1.82) is 0 Å². The zero-order valence-corrected chi connectivity index (χ0v) is 11.2. The quantitative estimate of drug-likeness (QED) is 0.733. The van der Waals surface area contributed by atoms with Gasteiger partial charge in [-0.25, -0.2) is 9.97 Å². The Morgan fingerprint density at radius 3 is 2.68 bits per heavy atom. The Bertz CT molecular complexity index is 742. The summed E-state index contributed by atoms with van der Waals surface area (Å²) in [6.07, 6.45) is 0. The van der Waals surface area contributed by atoms with Crippen LogP contribution >= 0.6 is 22.9 Å². The third-order valence-corrected chi connectivity index (χ3v) is 3.57. The minimum atomic E-state index is -0.189. The van der Waals surface area contributed by atoms with E-state index in [-0.39, 0.29) is 5.91 Å². The van der Waals surface area contributed by atoms with Crippen LogP contribution in [0.1, 0.15) is 10.4 Å². The molecule has 0 aliphatic carbocycles. The summed E-state index contributed by atoms with van der Waals surface area (Å²) in [4.78, 5) is 21.1. The number of nitrogens with one attached hydrogen (secondary N) is 1. The smallest absolute Gasteiger partial charge is 0.257 e. The van der Waals surface area contributed by atoms with E-state index in [2.05, 4.69) is 15.3 Å². The van der Waals surface area contributed by atoms with Gasteiger partial charge in [-0.05, 0) is 24.3 Å². The number of rotatable bonds is 2. The number of halogens is 1. The first-order valence-electron chi connectivity index (χ1n) is 5.52. The zero-order chi connectivity index (χ0) is 13.2. The number of thiazole rings is 1. The molecule has 0 aliphatic heterocycles. The van der Waals surface area contributed by atoms with Crippen LogP contribution in [0.2, 0.25) is 5.15 Å². The highest BCUT2D eigenvalue weighted by Crippen LogP contribution is 2.25. The van der Waals surface area contributed by atoms with E-state index in [4.69, 9.17) is 11.6 Å². The lowest BCUT2D eigenvalue weighted by Gasteiger charge is -2.00. The normalized spacial score (nSPS) is 10.6. The number of fused-ring (bicyclic) bond motifs is 1. The highest BCUT2D eigenvalue weighted by atomic mass is 35.5. The first-order chi connectivity index (χ1) is 9.22. The summed E-state index contributed by atoms with van der Waals surface area (Å²) in [7, 11) is 0. The summed E-state index contributed by atoms with van der Waals surface area (Å²) in [5.74, 6) is -0.189. The minimum absolute atomic E-state index is 0.189. The van der Waals surface area contributed by atoms with Gasteiger partial charge >= 0.3 is 0 Å². The average Bonchev–Trinajstić information content (AvgIpc) is 2.81. The first-order valence-corrected chi connectivity index (χ1v) is 6.71. The van der Waals surface area contributed by atoms with Gasteiger partial charge in [-0.3, -0.25) is 10.1 Å². The molecule has 3 aromatic rings. The molecule has 0 fully saturated rings. The third-order valence-electron chi connectivity index (χ3n) is 2.48. The molecular weight excluding hydrogens is 282 g/mol. The number of aromatic nitrogens is 2. The molecule has 4 nitrogen and oxygen atoms in total.